The van der Waals surface area contributed by atoms with E-state index in [1.54, 1.807) is 4.52 Å². The number of benzene rings is 2. The van der Waals surface area contributed by atoms with Crippen molar-refractivity contribution in [2.75, 3.05) is 24.6 Å². The number of carbonyl (C=O) groups is 1. The lowest BCUT2D eigenvalue weighted by atomic mass is 9.92. The number of hydrogen-bond donors (Lipinski definition) is 1. The van der Waals surface area contributed by atoms with Crippen molar-refractivity contribution in [3.05, 3.63) is 65.4 Å². The Kier molecular flexibility index (Phi) is 9.20. The summed E-state index contributed by atoms with van der Waals surface area (Å²) in [5, 5.41) is 25.2. The fourth-order valence-corrected chi connectivity index (χ4v) is 6.69. The van der Waals surface area contributed by atoms with Gasteiger partial charge in [0.05, 0.1) is 40.2 Å². The minimum atomic E-state index is -1.24. The highest BCUT2D eigenvalue weighted by Gasteiger charge is 2.38. The molecule has 0 radical (unpaired) electrons. The van der Waals surface area contributed by atoms with Gasteiger partial charge in [0.15, 0.2) is 11.8 Å². The second-order valence-electron chi connectivity index (χ2n) is 14.3. The number of piperidine rings is 1. The van der Waals surface area contributed by atoms with Crippen LogP contribution in [0.2, 0.25) is 0 Å². The van der Waals surface area contributed by atoms with Gasteiger partial charge < -0.3 is 24.2 Å². The van der Waals surface area contributed by atoms with Crippen molar-refractivity contribution in [1.29, 1.82) is 5.26 Å². The molecule has 4 aromatic rings. The molecule has 2 atom stereocenters. The van der Waals surface area contributed by atoms with Gasteiger partial charge in [-0.3, -0.25) is 0 Å². The first-order valence-electron chi connectivity index (χ1n) is 16.9. The Bertz CT molecular complexity index is 1860. The zero-order valence-electron chi connectivity index (χ0n) is 28.7. The predicted octanol–water partition coefficient (Wildman–Crippen LogP) is 7.51. The minimum absolute atomic E-state index is 0.0393. The maximum atomic E-state index is 12.8. The lowest BCUT2D eigenvalue weighted by Gasteiger charge is -2.41. The van der Waals surface area contributed by atoms with E-state index in [1.165, 1.54) is 0 Å². The highest BCUT2D eigenvalue weighted by atomic mass is 16.5. The third-order valence-corrected chi connectivity index (χ3v) is 9.25. The number of anilines is 1. The third-order valence-electron chi connectivity index (χ3n) is 9.25. The number of fused-ring (bicyclic) bond motifs is 8. The number of carboxylic acids is 1. The highest BCUT2D eigenvalue weighted by Crippen LogP contribution is 2.39. The van der Waals surface area contributed by atoms with Crippen molar-refractivity contribution >= 4 is 17.4 Å². The molecule has 1 fully saturated rings. The molecule has 2 aromatic carbocycles. The highest BCUT2D eigenvalue weighted by molar-refractivity contribution is 5.80. The summed E-state index contributed by atoms with van der Waals surface area (Å²) in [4.78, 5) is 19.9. The molecule has 5 heterocycles. The molecule has 0 spiro atoms. The first kappa shape index (κ1) is 33.4. The van der Waals surface area contributed by atoms with Crippen molar-refractivity contribution in [3.8, 4) is 34.2 Å². The largest absolute Gasteiger partial charge is 0.490 e. The zero-order valence-corrected chi connectivity index (χ0v) is 28.7. The molecule has 3 aliphatic heterocycles. The van der Waals surface area contributed by atoms with Crippen LogP contribution in [0.1, 0.15) is 89.6 Å². The Balaban J connectivity index is 1.53. The standard InChI is InChI=1S/C38H45N5O5/c1-24-10-7-8-19-46-38(6)15-17-42(18-16-38)35-33(34(36(44)45)48-37(3,4)5)25(2)40-32-22-30(41-43(32)35)28-12-9-11-27(21-28)29-14-13-26(23-39)20-31(29)47-24/h9,11-14,20-22,24,34H,7-8,10,15-19H2,1-6H3,(H,44,45). The minimum Gasteiger partial charge on any atom is -0.490 e. The zero-order chi connectivity index (χ0) is 34.2. The van der Waals surface area contributed by atoms with Gasteiger partial charge in [0.25, 0.3) is 0 Å². The lowest BCUT2D eigenvalue weighted by molar-refractivity contribution is -0.160. The van der Waals surface area contributed by atoms with Crippen LogP contribution >= 0.6 is 0 Å². The van der Waals surface area contributed by atoms with Gasteiger partial charge in [-0.05, 0) is 103 Å². The van der Waals surface area contributed by atoms with Crippen LogP contribution in [0, 0.1) is 18.3 Å². The average Bonchev–Trinajstić information content (AvgIpc) is 3.46. The maximum Gasteiger partial charge on any atom is 0.337 e. The van der Waals surface area contributed by atoms with Gasteiger partial charge in [-0.2, -0.15) is 14.9 Å². The molecule has 0 amide bonds. The topological polar surface area (TPSA) is 122 Å². The van der Waals surface area contributed by atoms with Crippen LogP contribution in [0.4, 0.5) is 5.82 Å². The summed E-state index contributed by atoms with van der Waals surface area (Å²) in [7, 11) is 0. The summed E-state index contributed by atoms with van der Waals surface area (Å²) in [6, 6.07) is 17.8. The van der Waals surface area contributed by atoms with Gasteiger partial charge in [0.1, 0.15) is 11.6 Å². The van der Waals surface area contributed by atoms with Crippen molar-refractivity contribution < 1.29 is 24.1 Å². The molecule has 7 rings (SSSR count). The van der Waals surface area contributed by atoms with Crippen molar-refractivity contribution in [1.82, 2.24) is 14.6 Å². The van der Waals surface area contributed by atoms with Crippen LogP contribution in [0.25, 0.3) is 28.0 Å². The Labute approximate surface area is 282 Å². The molecule has 0 saturated carbocycles. The summed E-state index contributed by atoms with van der Waals surface area (Å²) in [6.07, 6.45) is 3.01. The Morgan fingerprint density at radius 2 is 1.88 bits per heavy atom. The molecule has 10 heteroatoms. The fraction of sp³-hybridized carbons (Fsp3) is 0.474. The maximum absolute atomic E-state index is 12.8. The quantitative estimate of drug-likeness (QED) is 0.240. The molecule has 1 N–H and O–H groups in total. The SMILES string of the molecule is Cc1nc2cc3nn2c(c1C(OC(C)(C)C)C(=O)O)N1CCC(C)(CC1)OCCCCC(C)Oc1cc(C#N)ccc1-c1cccc-3c1. The lowest BCUT2D eigenvalue weighted by Crippen LogP contribution is -2.46. The van der Waals surface area contributed by atoms with Gasteiger partial charge in [-0.1, -0.05) is 18.2 Å². The van der Waals surface area contributed by atoms with E-state index in [4.69, 9.17) is 24.3 Å². The molecule has 2 unspecified atom stereocenters. The van der Waals surface area contributed by atoms with E-state index < -0.39 is 17.7 Å². The van der Waals surface area contributed by atoms with Crippen LogP contribution in [0.3, 0.4) is 0 Å². The third kappa shape index (κ3) is 7.03. The summed E-state index contributed by atoms with van der Waals surface area (Å²) >= 11 is 0. The van der Waals surface area contributed by atoms with Gasteiger partial charge >= 0.3 is 5.97 Å². The summed E-state index contributed by atoms with van der Waals surface area (Å²) < 4.78 is 21.0. The number of hydrogen-bond acceptors (Lipinski definition) is 8. The van der Waals surface area contributed by atoms with Crippen molar-refractivity contribution in [3.63, 3.8) is 0 Å². The summed E-state index contributed by atoms with van der Waals surface area (Å²) in [5.74, 6) is 0.279. The number of aryl methyl sites for hydroxylation is 1. The van der Waals surface area contributed by atoms with Crippen LogP contribution in [-0.4, -0.2) is 62.7 Å². The number of aliphatic carboxylic acids is 1. The van der Waals surface area contributed by atoms with Crippen LogP contribution in [0.5, 0.6) is 5.75 Å². The Morgan fingerprint density at radius 3 is 2.58 bits per heavy atom. The number of carboxylic acid groups (broad SMARTS) is 1. The molecular formula is C38H45N5O5. The number of aromatic nitrogens is 3. The van der Waals surface area contributed by atoms with Gasteiger partial charge in [-0.15, -0.1) is 0 Å². The van der Waals surface area contributed by atoms with E-state index >= 15 is 0 Å². The molecule has 0 aliphatic carbocycles. The van der Waals surface area contributed by atoms with Gasteiger partial charge in [-0.25, -0.2) is 9.78 Å². The number of nitrogens with zero attached hydrogens (tertiary/aromatic N) is 5. The number of ether oxygens (including phenoxy) is 3. The number of rotatable bonds is 3. The molecule has 1 saturated heterocycles. The predicted molar refractivity (Wildman–Crippen MR) is 184 cm³/mol. The second-order valence-corrected chi connectivity index (χ2v) is 14.3. The molecule has 10 nitrogen and oxygen atoms in total. The van der Waals surface area contributed by atoms with Crippen LogP contribution in [0.15, 0.2) is 48.5 Å². The average molecular weight is 652 g/mol. The number of nitriles is 1. The van der Waals surface area contributed by atoms with Crippen molar-refractivity contribution in [2.24, 2.45) is 0 Å². The molecule has 2 aromatic heterocycles. The van der Waals surface area contributed by atoms with E-state index in [9.17, 15) is 15.2 Å². The molecule has 3 aliphatic rings. The van der Waals surface area contributed by atoms with E-state index in [0.717, 1.165) is 48.8 Å². The summed E-state index contributed by atoms with van der Waals surface area (Å²) in [6.45, 7) is 13.6. The second kappa shape index (κ2) is 13.2. The Morgan fingerprint density at radius 1 is 1.12 bits per heavy atom. The molecule has 6 bridgehead atoms. The van der Waals surface area contributed by atoms with Gasteiger partial charge in [0, 0.05) is 42.6 Å². The van der Waals surface area contributed by atoms with Crippen LogP contribution < -0.4 is 9.64 Å². The molecule has 252 valence electrons. The van der Waals surface area contributed by atoms with E-state index in [1.807, 2.05) is 70.2 Å². The van der Waals surface area contributed by atoms with E-state index in [-0.39, 0.29) is 11.7 Å². The summed E-state index contributed by atoms with van der Waals surface area (Å²) in [5.41, 5.74) is 4.66. The van der Waals surface area contributed by atoms with Crippen LogP contribution in [-0.2, 0) is 14.3 Å². The van der Waals surface area contributed by atoms with E-state index in [2.05, 4.69) is 30.9 Å². The fourth-order valence-electron chi connectivity index (χ4n) is 6.69. The van der Waals surface area contributed by atoms with Crippen molar-refractivity contribution in [2.45, 2.75) is 97.1 Å². The Hall–Kier alpha value is -4.46. The van der Waals surface area contributed by atoms with Gasteiger partial charge in [0.2, 0.25) is 0 Å². The molecule has 48 heavy (non-hydrogen) atoms. The molecular weight excluding hydrogens is 606 g/mol. The smallest absolute Gasteiger partial charge is 0.337 e. The monoisotopic (exact) mass is 651 g/mol. The normalized spacial score (nSPS) is 20.9. The first-order chi connectivity index (χ1) is 22.8. The first-order valence-corrected chi connectivity index (χ1v) is 16.9. The van der Waals surface area contributed by atoms with E-state index in [0.29, 0.717) is 59.4 Å².